The quantitative estimate of drug-likeness (QED) is 0.233. The average Bonchev–Trinajstić information content (AvgIpc) is 2.79. The highest BCUT2D eigenvalue weighted by molar-refractivity contribution is 7.99. The molecule has 8 heteroatoms. The van der Waals surface area contributed by atoms with Gasteiger partial charge >= 0.3 is 0 Å². The molecule has 0 aliphatic heterocycles. The fourth-order valence-electron chi connectivity index (χ4n) is 3.30. The van der Waals surface area contributed by atoms with Crippen LogP contribution in [0.5, 0.6) is 0 Å². The molecule has 0 saturated carbocycles. The third-order valence-corrected chi connectivity index (χ3v) is 7.45. The molecule has 2 amide bonds. The van der Waals surface area contributed by atoms with Crippen LogP contribution in [0.1, 0.15) is 52.0 Å². The average molecular weight is 530 g/mol. The second-order valence-electron chi connectivity index (χ2n) is 7.87. The Morgan fingerprint density at radius 1 is 1.00 bits per heavy atom. The van der Waals surface area contributed by atoms with Gasteiger partial charge in [0.2, 0.25) is 11.8 Å². The zero-order chi connectivity index (χ0) is 24.4. The summed E-state index contributed by atoms with van der Waals surface area (Å²) >= 11 is 20.4. The molecule has 0 aromatic heterocycles. The van der Waals surface area contributed by atoms with Gasteiger partial charge in [-0.25, -0.2) is 0 Å². The SMILES string of the molecule is CC[C@H](C(=O)N[C@@H](C)CC)N(Cc1c(Cl)cccc1Cl)C(=O)CCCSc1ccc(Cl)cc1. The Balaban J connectivity index is 2.13. The second-order valence-corrected chi connectivity index (χ2v) is 10.3. The molecule has 0 fully saturated rings. The Bertz CT molecular complexity index is 904. The number of benzene rings is 2. The van der Waals surface area contributed by atoms with Gasteiger partial charge in [-0.05, 0) is 68.3 Å². The number of amides is 2. The maximum absolute atomic E-state index is 13.3. The predicted octanol–water partition coefficient (Wildman–Crippen LogP) is 7.24. The van der Waals surface area contributed by atoms with Crippen LogP contribution < -0.4 is 5.32 Å². The van der Waals surface area contributed by atoms with Crippen molar-refractivity contribution in [3.8, 4) is 0 Å². The number of rotatable bonds is 12. The lowest BCUT2D eigenvalue weighted by atomic mass is 10.1. The van der Waals surface area contributed by atoms with Crippen LogP contribution in [0, 0.1) is 0 Å². The molecule has 2 atom stereocenters. The van der Waals surface area contributed by atoms with E-state index in [0.29, 0.717) is 39.9 Å². The molecule has 0 radical (unpaired) electrons. The molecule has 0 saturated heterocycles. The first-order chi connectivity index (χ1) is 15.8. The topological polar surface area (TPSA) is 49.4 Å². The Morgan fingerprint density at radius 3 is 2.21 bits per heavy atom. The number of nitrogens with one attached hydrogen (secondary N) is 1. The number of carbonyl (C=O) groups excluding carboxylic acids is 2. The Morgan fingerprint density at radius 2 is 1.64 bits per heavy atom. The number of halogens is 3. The van der Waals surface area contributed by atoms with Gasteiger partial charge in [0.15, 0.2) is 0 Å². The molecular formula is C25H31Cl3N2O2S. The van der Waals surface area contributed by atoms with E-state index in [4.69, 9.17) is 34.8 Å². The molecule has 1 N–H and O–H groups in total. The standard InChI is InChI=1S/C25H31Cl3N2O2S/c1-4-17(3)29-25(32)23(5-2)30(16-20-21(27)8-6-9-22(20)28)24(31)10-7-15-33-19-13-11-18(26)12-14-19/h6,8-9,11-14,17,23H,4-5,7,10,15-16H2,1-3H3,(H,29,32)/t17-,23+/m0/s1. The van der Waals surface area contributed by atoms with Crippen molar-refractivity contribution >= 4 is 58.4 Å². The molecule has 2 aromatic carbocycles. The van der Waals surface area contributed by atoms with Crippen LogP contribution in [0.15, 0.2) is 47.4 Å². The molecule has 0 spiro atoms. The largest absolute Gasteiger partial charge is 0.352 e. The van der Waals surface area contributed by atoms with E-state index in [2.05, 4.69) is 5.32 Å². The molecule has 4 nitrogen and oxygen atoms in total. The van der Waals surface area contributed by atoms with E-state index in [0.717, 1.165) is 17.1 Å². The maximum atomic E-state index is 13.3. The second kappa shape index (κ2) is 14.1. The van der Waals surface area contributed by atoms with Gasteiger partial charge in [0.05, 0.1) is 0 Å². The lowest BCUT2D eigenvalue weighted by Crippen LogP contribution is -2.50. The monoisotopic (exact) mass is 528 g/mol. The predicted molar refractivity (Wildman–Crippen MR) is 140 cm³/mol. The van der Waals surface area contributed by atoms with Crippen LogP contribution in [-0.2, 0) is 16.1 Å². The van der Waals surface area contributed by atoms with Gasteiger partial charge in [-0.2, -0.15) is 0 Å². The Hall–Kier alpha value is -1.40. The van der Waals surface area contributed by atoms with Crippen molar-refractivity contribution in [3.63, 3.8) is 0 Å². The number of hydrogen-bond acceptors (Lipinski definition) is 3. The molecule has 0 bridgehead atoms. The molecular weight excluding hydrogens is 499 g/mol. The van der Waals surface area contributed by atoms with Gasteiger partial charge < -0.3 is 10.2 Å². The highest BCUT2D eigenvalue weighted by Gasteiger charge is 2.29. The van der Waals surface area contributed by atoms with E-state index in [1.165, 1.54) is 0 Å². The van der Waals surface area contributed by atoms with E-state index in [-0.39, 0.29) is 24.4 Å². The molecule has 0 aliphatic rings. The number of hydrogen-bond donors (Lipinski definition) is 1. The molecule has 2 aromatic rings. The molecule has 0 unspecified atom stereocenters. The first kappa shape index (κ1) is 27.8. The summed E-state index contributed by atoms with van der Waals surface area (Å²) in [5.41, 5.74) is 0.652. The van der Waals surface area contributed by atoms with Crippen LogP contribution in [0.4, 0.5) is 0 Å². The molecule has 33 heavy (non-hydrogen) atoms. The minimum absolute atomic E-state index is 0.0307. The fourth-order valence-corrected chi connectivity index (χ4v) is 4.80. The first-order valence-corrected chi connectivity index (χ1v) is 13.3. The first-order valence-electron chi connectivity index (χ1n) is 11.2. The molecule has 0 aliphatic carbocycles. The summed E-state index contributed by atoms with van der Waals surface area (Å²) in [5.74, 6) is 0.539. The van der Waals surface area contributed by atoms with Gasteiger partial charge in [0.1, 0.15) is 6.04 Å². The van der Waals surface area contributed by atoms with Crippen molar-refractivity contribution in [1.29, 1.82) is 0 Å². The number of thioether (sulfide) groups is 1. The zero-order valence-electron chi connectivity index (χ0n) is 19.2. The van der Waals surface area contributed by atoms with Crippen molar-refractivity contribution in [3.05, 3.63) is 63.1 Å². The Labute approximate surface area is 216 Å². The highest BCUT2D eigenvalue weighted by Crippen LogP contribution is 2.28. The molecule has 2 rings (SSSR count). The van der Waals surface area contributed by atoms with E-state index in [1.807, 2.05) is 45.0 Å². The van der Waals surface area contributed by atoms with E-state index >= 15 is 0 Å². The third-order valence-electron chi connectivity index (χ3n) is 5.39. The van der Waals surface area contributed by atoms with E-state index < -0.39 is 6.04 Å². The van der Waals surface area contributed by atoms with Gasteiger partial charge in [0.25, 0.3) is 0 Å². The third kappa shape index (κ3) is 8.71. The summed E-state index contributed by atoms with van der Waals surface area (Å²) in [6, 6.07) is 12.3. The van der Waals surface area contributed by atoms with Crippen LogP contribution in [0.25, 0.3) is 0 Å². The van der Waals surface area contributed by atoms with Gasteiger partial charge in [-0.15, -0.1) is 11.8 Å². The van der Waals surface area contributed by atoms with Crippen LogP contribution in [0.3, 0.4) is 0 Å². The molecule has 180 valence electrons. The number of carbonyl (C=O) groups is 2. The zero-order valence-corrected chi connectivity index (χ0v) is 22.3. The lowest BCUT2D eigenvalue weighted by Gasteiger charge is -2.32. The van der Waals surface area contributed by atoms with Crippen molar-refractivity contribution in [1.82, 2.24) is 10.2 Å². The van der Waals surface area contributed by atoms with Crippen LogP contribution >= 0.6 is 46.6 Å². The Kier molecular flexibility index (Phi) is 11.9. The van der Waals surface area contributed by atoms with E-state index in [9.17, 15) is 9.59 Å². The van der Waals surface area contributed by atoms with Crippen LogP contribution in [0.2, 0.25) is 15.1 Å². The minimum Gasteiger partial charge on any atom is -0.352 e. The summed E-state index contributed by atoms with van der Waals surface area (Å²) < 4.78 is 0. The van der Waals surface area contributed by atoms with Gasteiger partial charge in [-0.1, -0.05) is 54.7 Å². The van der Waals surface area contributed by atoms with Crippen molar-refractivity contribution < 1.29 is 9.59 Å². The van der Waals surface area contributed by atoms with Gasteiger partial charge in [-0.3, -0.25) is 9.59 Å². The minimum atomic E-state index is -0.595. The van der Waals surface area contributed by atoms with Crippen molar-refractivity contribution in [2.24, 2.45) is 0 Å². The lowest BCUT2D eigenvalue weighted by molar-refractivity contribution is -0.141. The van der Waals surface area contributed by atoms with E-state index in [1.54, 1.807) is 34.9 Å². The maximum Gasteiger partial charge on any atom is 0.243 e. The number of nitrogens with zero attached hydrogens (tertiary/aromatic N) is 1. The summed E-state index contributed by atoms with van der Waals surface area (Å²) in [5, 5.41) is 4.67. The van der Waals surface area contributed by atoms with Gasteiger partial charge in [0, 0.05) is 44.5 Å². The molecule has 0 heterocycles. The summed E-state index contributed by atoms with van der Waals surface area (Å²) in [7, 11) is 0. The fraction of sp³-hybridized carbons (Fsp3) is 0.440. The summed E-state index contributed by atoms with van der Waals surface area (Å²) in [6.45, 7) is 6.06. The van der Waals surface area contributed by atoms with Crippen molar-refractivity contribution in [2.45, 2.75) is 70.0 Å². The summed E-state index contributed by atoms with van der Waals surface area (Å²) in [4.78, 5) is 29.1. The smallest absolute Gasteiger partial charge is 0.243 e. The normalized spacial score (nSPS) is 12.8. The summed E-state index contributed by atoms with van der Waals surface area (Å²) in [6.07, 6.45) is 2.32. The van der Waals surface area contributed by atoms with Crippen LogP contribution in [-0.4, -0.2) is 34.6 Å². The van der Waals surface area contributed by atoms with Crippen molar-refractivity contribution in [2.75, 3.05) is 5.75 Å². The highest BCUT2D eigenvalue weighted by atomic mass is 35.5.